The van der Waals surface area contributed by atoms with Gasteiger partial charge in [-0.3, -0.25) is 0 Å². The van der Waals surface area contributed by atoms with Gasteiger partial charge in [0.05, 0.1) is 35.4 Å². The standard InChI is InChI=1S/C23H21ClN2O6S/c1-3-31-21-14-16(15-25-26-33(28,29)19-7-5-4-6-8-19)13-20(24)22(21)32-23(27)17-9-11-18(30-2)12-10-17/h4-15,26H,3H2,1-2H3/b25-15-. The van der Waals surface area contributed by atoms with Crippen LogP contribution in [0.2, 0.25) is 5.02 Å². The predicted molar refractivity (Wildman–Crippen MR) is 125 cm³/mol. The van der Waals surface area contributed by atoms with Crippen molar-refractivity contribution in [2.75, 3.05) is 13.7 Å². The van der Waals surface area contributed by atoms with Gasteiger partial charge in [-0.15, -0.1) is 0 Å². The first-order valence-electron chi connectivity index (χ1n) is 9.76. The molecule has 0 spiro atoms. The zero-order valence-corrected chi connectivity index (χ0v) is 19.4. The molecule has 3 aromatic carbocycles. The summed E-state index contributed by atoms with van der Waals surface area (Å²) in [5, 5.41) is 3.88. The number of carbonyl (C=O) groups excluding carboxylic acids is 1. The average molecular weight is 489 g/mol. The number of hydrogen-bond acceptors (Lipinski definition) is 7. The molecule has 0 radical (unpaired) electrons. The summed E-state index contributed by atoms with van der Waals surface area (Å²) in [6, 6.07) is 17.2. The molecule has 0 aliphatic carbocycles. The van der Waals surface area contributed by atoms with Crippen molar-refractivity contribution in [2.24, 2.45) is 5.10 Å². The van der Waals surface area contributed by atoms with Crippen LogP contribution >= 0.6 is 11.6 Å². The molecule has 0 unspecified atom stereocenters. The van der Waals surface area contributed by atoms with Crippen LogP contribution in [0.5, 0.6) is 17.2 Å². The number of halogens is 1. The number of rotatable bonds is 9. The van der Waals surface area contributed by atoms with Crippen molar-refractivity contribution < 1.29 is 27.4 Å². The maximum atomic E-state index is 12.5. The normalized spacial score (nSPS) is 11.2. The Bertz CT molecular complexity index is 1250. The quantitative estimate of drug-likeness (QED) is 0.209. The molecule has 1 N–H and O–H groups in total. The second kappa shape index (κ2) is 10.8. The third kappa shape index (κ3) is 6.24. The first kappa shape index (κ1) is 24.1. The Labute approximate surface area is 196 Å². The Hall–Kier alpha value is -3.56. The van der Waals surface area contributed by atoms with Gasteiger partial charge in [0.2, 0.25) is 0 Å². The molecule has 10 heteroatoms. The molecule has 3 rings (SSSR count). The first-order chi connectivity index (χ1) is 15.8. The van der Waals surface area contributed by atoms with Crippen LogP contribution in [0.25, 0.3) is 0 Å². The second-order valence-electron chi connectivity index (χ2n) is 6.55. The van der Waals surface area contributed by atoms with E-state index in [-0.39, 0.29) is 28.0 Å². The summed E-state index contributed by atoms with van der Waals surface area (Å²) in [5.74, 6) is 0.226. The Morgan fingerprint density at radius 1 is 1.09 bits per heavy atom. The van der Waals surface area contributed by atoms with E-state index in [1.165, 1.54) is 37.6 Å². The molecular formula is C23H21ClN2O6S. The van der Waals surface area contributed by atoms with E-state index in [2.05, 4.69) is 9.93 Å². The molecular weight excluding hydrogens is 468 g/mol. The number of hydrogen-bond donors (Lipinski definition) is 1. The number of methoxy groups -OCH3 is 1. The van der Waals surface area contributed by atoms with Gasteiger partial charge >= 0.3 is 5.97 Å². The number of nitrogens with zero attached hydrogens (tertiary/aromatic N) is 1. The summed E-state index contributed by atoms with van der Waals surface area (Å²) < 4.78 is 40.7. The van der Waals surface area contributed by atoms with Crippen molar-refractivity contribution >= 4 is 33.8 Å². The van der Waals surface area contributed by atoms with Gasteiger partial charge in [0.15, 0.2) is 11.5 Å². The van der Waals surface area contributed by atoms with Crippen LogP contribution in [0.3, 0.4) is 0 Å². The summed E-state index contributed by atoms with van der Waals surface area (Å²) in [5.41, 5.74) is 0.735. The van der Waals surface area contributed by atoms with Gasteiger partial charge < -0.3 is 14.2 Å². The van der Waals surface area contributed by atoms with E-state index < -0.39 is 16.0 Å². The molecule has 0 saturated heterocycles. The monoisotopic (exact) mass is 488 g/mol. The average Bonchev–Trinajstić information content (AvgIpc) is 2.82. The van der Waals surface area contributed by atoms with Gasteiger partial charge in [-0.2, -0.15) is 13.5 Å². The number of esters is 1. The Morgan fingerprint density at radius 2 is 1.79 bits per heavy atom. The zero-order chi connectivity index (χ0) is 23.8. The minimum atomic E-state index is -3.81. The van der Waals surface area contributed by atoms with Gasteiger partial charge in [-0.1, -0.05) is 29.8 Å². The van der Waals surface area contributed by atoms with Crippen molar-refractivity contribution in [1.29, 1.82) is 0 Å². The van der Waals surface area contributed by atoms with E-state index in [0.717, 1.165) is 0 Å². The smallest absolute Gasteiger partial charge is 0.343 e. The van der Waals surface area contributed by atoms with Gasteiger partial charge in [0.1, 0.15) is 5.75 Å². The molecule has 8 nitrogen and oxygen atoms in total. The van der Waals surface area contributed by atoms with Gasteiger partial charge in [-0.05, 0) is 61.0 Å². The maximum absolute atomic E-state index is 12.5. The molecule has 0 saturated carbocycles. The van der Waals surface area contributed by atoms with Crippen molar-refractivity contribution in [3.8, 4) is 17.2 Å². The molecule has 0 bridgehead atoms. The van der Waals surface area contributed by atoms with E-state index in [1.807, 2.05) is 0 Å². The fourth-order valence-corrected chi connectivity index (χ4v) is 3.80. The molecule has 3 aromatic rings. The molecule has 0 aliphatic heterocycles. The highest BCUT2D eigenvalue weighted by Gasteiger charge is 2.18. The van der Waals surface area contributed by atoms with Crippen LogP contribution in [-0.2, 0) is 10.0 Å². The fourth-order valence-electron chi connectivity index (χ4n) is 2.73. The van der Waals surface area contributed by atoms with Crippen LogP contribution < -0.4 is 19.0 Å². The largest absolute Gasteiger partial charge is 0.497 e. The third-order valence-electron chi connectivity index (χ3n) is 4.29. The molecule has 33 heavy (non-hydrogen) atoms. The lowest BCUT2D eigenvalue weighted by Gasteiger charge is -2.13. The number of sulfonamides is 1. The molecule has 0 aliphatic rings. The van der Waals surface area contributed by atoms with E-state index >= 15 is 0 Å². The SMILES string of the molecule is CCOc1cc(/C=N\NS(=O)(=O)c2ccccc2)cc(Cl)c1OC(=O)c1ccc(OC)cc1. The number of hydrazone groups is 1. The lowest BCUT2D eigenvalue weighted by atomic mass is 10.2. The van der Waals surface area contributed by atoms with Gasteiger partial charge in [0, 0.05) is 0 Å². The van der Waals surface area contributed by atoms with Crippen LogP contribution in [0.4, 0.5) is 0 Å². The maximum Gasteiger partial charge on any atom is 0.343 e. The van der Waals surface area contributed by atoms with E-state index in [1.54, 1.807) is 49.4 Å². The molecule has 0 amide bonds. The van der Waals surface area contributed by atoms with Crippen molar-refractivity contribution in [3.05, 3.63) is 82.9 Å². The zero-order valence-electron chi connectivity index (χ0n) is 17.8. The predicted octanol–water partition coefficient (Wildman–Crippen LogP) is 4.28. The summed E-state index contributed by atoms with van der Waals surface area (Å²) >= 11 is 6.34. The highest BCUT2D eigenvalue weighted by Crippen LogP contribution is 2.37. The van der Waals surface area contributed by atoms with Crippen molar-refractivity contribution in [1.82, 2.24) is 4.83 Å². The lowest BCUT2D eigenvalue weighted by molar-refractivity contribution is 0.0728. The molecule has 0 heterocycles. The summed E-state index contributed by atoms with van der Waals surface area (Å²) in [6.07, 6.45) is 1.27. The minimum absolute atomic E-state index is 0.0429. The van der Waals surface area contributed by atoms with Crippen LogP contribution in [0.15, 0.2) is 76.7 Å². The number of ether oxygens (including phenoxy) is 3. The van der Waals surface area contributed by atoms with Crippen LogP contribution in [0.1, 0.15) is 22.8 Å². The second-order valence-corrected chi connectivity index (χ2v) is 8.62. The molecule has 0 atom stereocenters. The third-order valence-corrected chi connectivity index (χ3v) is 5.81. The van der Waals surface area contributed by atoms with Gasteiger partial charge in [-0.25, -0.2) is 9.63 Å². The summed E-state index contributed by atoms with van der Waals surface area (Å²) in [6.45, 7) is 2.04. The number of nitrogens with one attached hydrogen (secondary N) is 1. The summed E-state index contributed by atoms with van der Waals surface area (Å²) in [7, 11) is -2.28. The molecule has 0 aromatic heterocycles. The summed E-state index contributed by atoms with van der Waals surface area (Å²) in [4.78, 5) is 14.8. The Morgan fingerprint density at radius 3 is 2.42 bits per heavy atom. The highest BCUT2D eigenvalue weighted by molar-refractivity contribution is 7.89. The Balaban J connectivity index is 1.80. The van der Waals surface area contributed by atoms with E-state index in [9.17, 15) is 13.2 Å². The lowest BCUT2D eigenvalue weighted by Crippen LogP contribution is -2.18. The number of benzene rings is 3. The topological polar surface area (TPSA) is 103 Å². The van der Waals surface area contributed by atoms with Crippen LogP contribution in [-0.4, -0.2) is 34.3 Å². The highest BCUT2D eigenvalue weighted by atomic mass is 35.5. The van der Waals surface area contributed by atoms with E-state index in [0.29, 0.717) is 16.9 Å². The van der Waals surface area contributed by atoms with E-state index in [4.69, 9.17) is 25.8 Å². The number of carbonyl (C=O) groups is 1. The minimum Gasteiger partial charge on any atom is -0.497 e. The fraction of sp³-hybridized carbons (Fsp3) is 0.130. The van der Waals surface area contributed by atoms with Crippen molar-refractivity contribution in [3.63, 3.8) is 0 Å². The molecule has 172 valence electrons. The first-order valence-corrected chi connectivity index (χ1v) is 11.6. The van der Waals surface area contributed by atoms with Crippen molar-refractivity contribution in [2.45, 2.75) is 11.8 Å². The Kier molecular flexibility index (Phi) is 7.92. The van der Waals surface area contributed by atoms with Crippen LogP contribution in [0, 0.1) is 0 Å². The van der Waals surface area contributed by atoms with Gasteiger partial charge in [0.25, 0.3) is 10.0 Å². The molecule has 0 fully saturated rings.